The predicted octanol–water partition coefficient (Wildman–Crippen LogP) is -0.318. The van der Waals surface area contributed by atoms with Crippen molar-refractivity contribution in [3.05, 3.63) is 30.1 Å². The van der Waals surface area contributed by atoms with Crippen molar-refractivity contribution in [1.29, 1.82) is 0 Å². The van der Waals surface area contributed by atoms with Crippen LogP contribution in [0.3, 0.4) is 0 Å². The SMILES string of the molecule is CS(=O)(=O)N(CCC(=O)NCCN1CCOCC1)Cc1ccccn1. The summed E-state index contributed by atoms with van der Waals surface area (Å²) in [4.78, 5) is 18.3. The van der Waals surface area contributed by atoms with Crippen molar-refractivity contribution in [3.8, 4) is 0 Å². The van der Waals surface area contributed by atoms with Crippen LogP contribution in [-0.4, -0.2) is 80.7 Å². The van der Waals surface area contributed by atoms with Crippen LogP contribution in [0, 0.1) is 0 Å². The van der Waals surface area contributed by atoms with Gasteiger partial charge in [-0.15, -0.1) is 0 Å². The maximum absolute atomic E-state index is 12.0. The molecule has 2 heterocycles. The van der Waals surface area contributed by atoms with E-state index in [9.17, 15) is 13.2 Å². The first-order valence-electron chi connectivity index (χ1n) is 8.37. The van der Waals surface area contributed by atoms with Crippen molar-refractivity contribution in [2.24, 2.45) is 0 Å². The van der Waals surface area contributed by atoms with Crippen LogP contribution in [0.15, 0.2) is 24.4 Å². The molecule has 0 unspecified atom stereocenters. The Kier molecular flexibility index (Phi) is 7.76. The van der Waals surface area contributed by atoms with Crippen molar-refractivity contribution < 1.29 is 17.9 Å². The van der Waals surface area contributed by atoms with Crippen LogP contribution in [0.5, 0.6) is 0 Å². The minimum atomic E-state index is -3.41. The second kappa shape index (κ2) is 9.81. The Morgan fingerprint density at radius 3 is 2.76 bits per heavy atom. The number of pyridine rings is 1. The molecule has 0 aliphatic carbocycles. The van der Waals surface area contributed by atoms with Gasteiger partial charge in [0.25, 0.3) is 0 Å². The first-order chi connectivity index (χ1) is 11.9. The van der Waals surface area contributed by atoms with E-state index >= 15 is 0 Å². The average Bonchev–Trinajstić information content (AvgIpc) is 2.59. The lowest BCUT2D eigenvalue weighted by atomic mass is 10.3. The molecule has 0 atom stereocenters. The molecule has 0 aromatic carbocycles. The van der Waals surface area contributed by atoms with E-state index in [1.165, 1.54) is 4.31 Å². The number of ether oxygens (including phenoxy) is 1. The van der Waals surface area contributed by atoms with Crippen molar-refractivity contribution >= 4 is 15.9 Å². The van der Waals surface area contributed by atoms with Crippen LogP contribution >= 0.6 is 0 Å². The Bertz CT molecular complexity index is 633. The molecule has 1 aromatic rings. The molecular formula is C16H26N4O4S. The summed E-state index contributed by atoms with van der Waals surface area (Å²) in [5, 5.41) is 2.84. The zero-order valence-electron chi connectivity index (χ0n) is 14.6. The first-order valence-corrected chi connectivity index (χ1v) is 10.2. The van der Waals surface area contributed by atoms with Gasteiger partial charge in [0.2, 0.25) is 15.9 Å². The average molecular weight is 370 g/mol. The molecule has 1 amide bonds. The Hall–Kier alpha value is -1.55. The van der Waals surface area contributed by atoms with Gasteiger partial charge in [0, 0.05) is 45.3 Å². The highest BCUT2D eigenvalue weighted by atomic mass is 32.2. The fourth-order valence-electron chi connectivity index (χ4n) is 2.53. The molecule has 1 saturated heterocycles. The number of sulfonamides is 1. The number of aromatic nitrogens is 1. The number of carbonyl (C=O) groups excluding carboxylic acids is 1. The largest absolute Gasteiger partial charge is 0.379 e. The smallest absolute Gasteiger partial charge is 0.221 e. The first kappa shape index (κ1) is 19.8. The minimum absolute atomic E-state index is 0.128. The lowest BCUT2D eigenvalue weighted by molar-refractivity contribution is -0.121. The van der Waals surface area contributed by atoms with Crippen LogP contribution in [0.1, 0.15) is 12.1 Å². The molecule has 0 bridgehead atoms. The highest BCUT2D eigenvalue weighted by Crippen LogP contribution is 2.07. The third-order valence-corrected chi connectivity index (χ3v) is 5.23. The van der Waals surface area contributed by atoms with E-state index in [1.807, 2.05) is 0 Å². The maximum atomic E-state index is 12.0. The number of carbonyl (C=O) groups is 1. The number of hydrogen-bond acceptors (Lipinski definition) is 6. The van der Waals surface area contributed by atoms with Gasteiger partial charge in [-0.25, -0.2) is 8.42 Å². The highest BCUT2D eigenvalue weighted by Gasteiger charge is 2.19. The summed E-state index contributed by atoms with van der Waals surface area (Å²) in [6.07, 6.45) is 2.89. The summed E-state index contributed by atoms with van der Waals surface area (Å²) >= 11 is 0. The molecule has 8 nitrogen and oxygen atoms in total. The molecule has 1 N–H and O–H groups in total. The molecule has 1 aliphatic heterocycles. The summed E-state index contributed by atoms with van der Waals surface area (Å²) < 4.78 is 30.4. The van der Waals surface area contributed by atoms with Crippen LogP contribution in [0.4, 0.5) is 0 Å². The van der Waals surface area contributed by atoms with E-state index in [1.54, 1.807) is 24.4 Å². The lowest BCUT2D eigenvalue weighted by Crippen LogP contribution is -2.42. The zero-order chi connectivity index (χ0) is 18.1. The fourth-order valence-corrected chi connectivity index (χ4v) is 3.32. The van der Waals surface area contributed by atoms with E-state index in [-0.39, 0.29) is 25.4 Å². The molecule has 9 heteroatoms. The van der Waals surface area contributed by atoms with Gasteiger partial charge in [0.1, 0.15) is 0 Å². The minimum Gasteiger partial charge on any atom is -0.379 e. The third kappa shape index (κ3) is 7.47. The van der Waals surface area contributed by atoms with Gasteiger partial charge in [-0.2, -0.15) is 4.31 Å². The van der Waals surface area contributed by atoms with Gasteiger partial charge in [-0.1, -0.05) is 6.07 Å². The van der Waals surface area contributed by atoms with E-state index in [0.717, 1.165) is 39.1 Å². The molecule has 1 fully saturated rings. The molecule has 0 saturated carbocycles. The van der Waals surface area contributed by atoms with Crippen molar-refractivity contribution in [1.82, 2.24) is 19.5 Å². The third-order valence-electron chi connectivity index (χ3n) is 3.98. The van der Waals surface area contributed by atoms with Gasteiger partial charge in [0.05, 0.1) is 31.7 Å². The maximum Gasteiger partial charge on any atom is 0.221 e. The van der Waals surface area contributed by atoms with Crippen molar-refractivity contribution in [2.75, 3.05) is 52.2 Å². The van der Waals surface area contributed by atoms with E-state index in [0.29, 0.717) is 12.2 Å². The number of nitrogens with zero attached hydrogens (tertiary/aromatic N) is 3. The molecular weight excluding hydrogens is 344 g/mol. The number of nitrogens with one attached hydrogen (secondary N) is 1. The van der Waals surface area contributed by atoms with Gasteiger partial charge < -0.3 is 10.1 Å². The highest BCUT2D eigenvalue weighted by molar-refractivity contribution is 7.88. The Balaban J connectivity index is 1.74. The molecule has 1 aliphatic rings. The lowest BCUT2D eigenvalue weighted by Gasteiger charge is -2.26. The van der Waals surface area contributed by atoms with E-state index < -0.39 is 10.0 Å². The normalized spacial score (nSPS) is 16.1. The zero-order valence-corrected chi connectivity index (χ0v) is 15.4. The van der Waals surface area contributed by atoms with Crippen LogP contribution in [-0.2, 0) is 26.1 Å². The Morgan fingerprint density at radius 1 is 1.36 bits per heavy atom. The second-order valence-electron chi connectivity index (χ2n) is 5.97. The fraction of sp³-hybridized carbons (Fsp3) is 0.625. The summed E-state index contributed by atoms with van der Waals surface area (Å²) in [7, 11) is -3.41. The van der Waals surface area contributed by atoms with Crippen LogP contribution < -0.4 is 5.32 Å². The molecule has 0 radical (unpaired) electrons. The van der Waals surface area contributed by atoms with Crippen LogP contribution in [0.2, 0.25) is 0 Å². The van der Waals surface area contributed by atoms with E-state index in [2.05, 4.69) is 15.2 Å². The number of amides is 1. The summed E-state index contributed by atoms with van der Waals surface area (Å²) in [6, 6.07) is 5.35. The van der Waals surface area contributed by atoms with Crippen molar-refractivity contribution in [2.45, 2.75) is 13.0 Å². The van der Waals surface area contributed by atoms with E-state index in [4.69, 9.17) is 4.74 Å². The van der Waals surface area contributed by atoms with Crippen molar-refractivity contribution in [3.63, 3.8) is 0 Å². The molecule has 0 spiro atoms. The molecule has 1 aromatic heterocycles. The molecule has 140 valence electrons. The topological polar surface area (TPSA) is 91.8 Å². The predicted molar refractivity (Wildman–Crippen MR) is 94.4 cm³/mol. The quantitative estimate of drug-likeness (QED) is 0.641. The standard InChI is InChI=1S/C16H26N4O4S/c1-25(22,23)20(14-15-4-2-3-6-17-15)8-5-16(21)18-7-9-19-10-12-24-13-11-19/h2-4,6H,5,7-14H2,1H3,(H,18,21). The summed E-state index contributed by atoms with van der Waals surface area (Å²) in [5.74, 6) is -0.150. The number of morpholine rings is 1. The monoisotopic (exact) mass is 370 g/mol. The number of hydrogen-bond donors (Lipinski definition) is 1. The van der Waals surface area contributed by atoms with Crippen LogP contribution in [0.25, 0.3) is 0 Å². The Morgan fingerprint density at radius 2 is 2.12 bits per heavy atom. The molecule has 25 heavy (non-hydrogen) atoms. The Labute approximate surface area is 149 Å². The van der Waals surface area contributed by atoms with Gasteiger partial charge >= 0.3 is 0 Å². The number of rotatable bonds is 9. The van der Waals surface area contributed by atoms with Gasteiger partial charge in [-0.05, 0) is 12.1 Å². The summed E-state index contributed by atoms with van der Waals surface area (Å²) in [5.41, 5.74) is 0.653. The molecule has 2 rings (SSSR count). The van der Waals surface area contributed by atoms with Gasteiger partial charge in [0.15, 0.2) is 0 Å². The summed E-state index contributed by atoms with van der Waals surface area (Å²) in [6.45, 7) is 4.84. The second-order valence-corrected chi connectivity index (χ2v) is 7.95. The van der Waals surface area contributed by atoms with Gasteiger partial charge in [-0.3, -0.25) is 14.7 Å².